The minimum absolute atomic E-state index is 0.0788. The topological polar surface area (TPSA) is 62.8 Å². The van der Waals surface area contributed by atoms with E-state index >= 15 is 0 Å². The van der Waals surface area contributed by atoms with Crippen molar-refractivity contribution in [3.8, 4) is 5.75 Å². The number of hydrogen-bond acceptors (Lipinski definition) is 4. The zero-order valence-corrected chi connectivity index (χ0v) is 6.86. The van der Waals surface area contributed by atoms with E-state index in [0.29, 0.717) is 5.75 Å². The largest absolute Gasteiger partial charge is 0.487 e. The molecule has 4 nitrogen and oxygen atoms in total. The molecule has 2 N–H and O–H groups in total. The lowest BCUT2D eigenvalue weighted by Crippen LogP contribution is -2.21. The van der Waals surface area contributed by atoms with Crippen LogP contribution in [-0.4, -0.2) is 29.5 Å². The Morgan fingerprint density at radius 3 is 2.92 bits per heavy atom. The molecule has 0 saturated carbocycles. The molecule has 0 spiro atoms. The fourth-order valence-electron chi connectivity index (χ4n) is 0.740. The van der Waals surface area contributed by atoms with Gasteiger partial charge in [-0.2, -0.15) is 0 Å². The molecule has 0 amide bonds. The van der Waals surface area contributed by atoms with Crippen molar-refractivity contribution in [2.45, 2.75) is 13.0 Å². The summed E-state index contributed by atoms with van der Waals surface area (Å²) < 4.78 is 10.0. The van der Waals surface area contributed by atoms with Crippen molar-refractivity contribution < 1.29 is 19.4 Å². The van der Waals surface area contributed by atoms with Gasteiger partial charge in [-0.05, 0) is 6.92 Å². The first-order valence-corrected chi connectivity index (χ1v) is 3.69. The third-order valence-electron chi connectivity index (χ3n) is 1.36. The van der Waals surface area contributed by atoms with Crippen LogP contribution < -0.4 is 4.74 Å². The minimum atomic E-state index is -0.833. The predicted octanol–water partition coefficient (Wildman–Crippen LogP) is 0.320. The SMILES string of the molecule is Cc1cc(OCC(O)CO)co1. The monoisotopic (exact) mass is 172 g/mol. The zero-order valence-electron chi connectivity index (χ0n) is 6.86. The van der Waals surface area contributed by atoms with Gasteiger partial charge in [0.05, 0.1) is 6.61 Å². The predicted molar refractivity (Wildman–Crippen MR) is 42.0 cm³/mol. The molecule has 1 unspecified atom stereocenters. The molecule has 1 atom stereocenters. The van der Waals surface area contributed by atoms with Crippen molar-refractivity contribution in [3.05, 3.63) is 18.1 Å². The van der Waals surface area contributed by atoms with Crippen LogP contribution >= 0.6 is 0 Å². The summed E-state index contributed by atoms with van der Waals surface area (Å²) in [5.74, 6) is 1.32. The summed E-state index contributed by atoms with van der Waals surface area (Å²) >= 11 is 0. The number of aliphatic hydroxyl groups excluding tert-OH is 2. The van der Waals surface area contributed by atoms with E-state index in [-0.39, 0.29) is 13.2 Å². The van der Waals surface area contributed by atoms with Gasteiger partial charge in [-0.15, -0.1) is 0 Å². The van der Waals surface area contributed by atoms with Crippen molar-refractivity contribution in [2.24, 2.45) is 0 Å². The second-order valence-corrected chi connectivity index (χ2v) is 2.54. The van der Waals surface area contributed by atoms with Crippen LogP contribution in [0.3, 0.4) is 0 Å². The summed E-state index contributed by atoms with van der Waals surface area (Å²) in [4.78, 5) is 0. The summed E-state index contributed by atoms with van der Waals surface area (Å²) in [6, 6.07) is 1.71. The molecular formula is C8H12O4. The van der Waals surface area contributed by atoms with Crippen molar-refractivity contribution in [2.75, 3.05) is 13.2 Å². The number of aliphatic hydroxyl groups is 2. The maximum absolute atomic E-state index is 8.92. The molecule has 12 heavy (non-hydrogen) atoms. The minimum Gasteiger partial charge on any atom is -0.487 e. The molecule has 0 aliphatic carbocycles. The Kier molecular flexibility index (Phi) is 3.13. The van der Waals surface area contributed by atoms with Crippen molar-refractivity contribution in [1.29, 1.82) is 0 Å². The summed E-state index contributed by atoms with van der Waals surface area (Å²) in [6.45, 7) is 1.58. The quantitative estimate of drug-likeness (QED) is 0.686. The molecule has 0 aromatic carbocycles. The first-order chi connectivity index (χ1) is 5.72. The molecule has 0 fully saturated rings. The van der Waals surface area contributed by atoms with E-state index in [4.69, 9.17) is 19.4 Å². The molecule has 1 aromatic rings. The van der Waals surface area contributed by atoms with E-state index in [2.05, 4.69) is 0 Å². The third-order valence-corrected chi connectivity index (χ3v) is 1.36. The van der Waals surface area contributed by atoms with Crippen LogP contribution in [0.4, 0.5) is 0 Å². The van der Waals surface area contributed by atoms with Crippen LogP contribution in [0.25, 0.3) is 0 Å². The Bertz CT molecular complexity index is 231. The lowest BCUT2D eigenvalue weighted by atomic mass is 10.4. The highest BCUT2D eigenvalue weighted by Crippen LogP contribution is 2.14. The van der Waals surface area contributed by atoms with Crippen LogP contribution in [0.5, 0.6) is 5.75 Å². The highest BCUT2D eigenvalue weighted by molar-refractivity contribution is 5.18. The number of rotatable bonds is 4. The van der Waals surface area contributed by atoms with Gasteiger partial charge < -0.3 is 19.4 Å². The summed E-state index contributed by atoms with van der Waals surface area (Å²) in [5, 5.41) is 17.4. The lowest BCUT2D eigenvalue weighted by molar-refractivity contribution is 0.0534. The Hall–Kier alpha value is -1.00. The van der Waals surface area contributed by atoms with Gasteiger partial charge in [-0.25, -0.2) is 0 Å². The normalized spacial score (nSPS) is 12.9. The van der Waals surface area contributed by atoms with E-state index in [1.165, 1.54) is 6.26 Å². The van der Waals surface area contributed by atoms with Crippen molar-refractivity contribution in [1.82, 2.24) is 0 Å². The second-order valence-electron chi connectivity index (χ2n) is 2.54. The highest BCUT2D eigenvalue weighted by Gasteiger charge is 2.04. The molecule has 1 heterocycles. The maximum atomic E-state index is 8.92. The Balaban J connectivity index is 2.33. The smallest absolute Gasteiger partial charge is 0.157 e. The zero-order chi connectivity index (χ0) is 8.97. The van der Waals surface area contributed by atoms with Crippen molar-refractivity contribution >= 4 is 0 Å². The van der Waals surface area contributed by atoms with E-state index in [0.717, 1.165) is 5.76 Å². The van der Waals surface area contributed by atoms with Crippen LogP contribution in [0.15, 0.2) is 16.7 Å². The Morgan fingerprint density at radius 1 is 1.67 bits per heavy atom. The first-order valence-electron chi connectivity index (χ1n) is 3.69. The average molecular weight is 172 g/mol. The van der Waals surface area contributed by atoms with Gasteiger partial charge in [-0.3, -0.25) is 0 Å². The van der Waals surface area contributed by atoms with Gasteiger partial charge in [-0.1, -0.05) is 0 Å². The van der Waals surface area contributed by atoms with Gasteiger partial charge in [0.2, 0.25) is 0 Å². The van der Waals surface area contributed by atoms with Crippen LogP contribution in [-0.2, 0) is 0 Å². The molecule has 1 aromatic heterocycles. The molecule has 0 aliphatic heterocycles. The van der Waals surface area contributed by atoms with Crippen LogP contribution in [0.1, 0.15) is 5.76 Å². The van der Waals surface area contributed by atoms with Crippen molar-refractivity contribution in [3.63, 3.8) is 0 Å². The fraction of sp³-hybridized carbons (Fsp3) is 0.500. The maximum Gasteiger partial charge on any atom is 0.157 e. The standard InChI is InChI=1S/C8H12O4/c1-6-2-8(5-11-6)12-4-7(10)3-9/h2,5,7,9-10H,3-4H2,1H3. The summed E-state index contributed by atoms with van der Waals surface area (Å²) in [5.41, 5.74) is 0. The molecule has 4 heteroatoms. The van der Waals surface area contributed by atoms with Gasteiger partial charge >= 0.3 is 0 Å². The van der Waals surface area contributed by atoms with E-state index in [1.807, 2.05) is 0 Å². The van der Waals surface area contributed by atoms with Crippen LogP contribution in [0.2, 0.25) is 0 Å². The molecule has 68 valence electrons. The van der Waals surface area contributed by atoms with E-state index < -0.39 is 6.10 Å². The average Bonchev–Trinajstić information content (AvgIpc) is 2.47. The van der Waals surface area contributed by atoms with Crippen LogP contribution in [0, 0.1) is 6.92 Å². The first kappa shape index (κ1) is 9.09. The van der Waals surface area contributed by atoms with Gasteiger partial charge in [0.25, 0.3) is 0 Å². The molecule has 0 bridgehead atoms. The van der Waals surface area contributed by atoms with E-state index in [1.54, 1.807) is 13.0 Å². The molecule has 1 rings (SSSR count). The molecule has 0 radical (unpaired) electrons. The fourth-order valence-corrected chi connectivity index (χ4v) is 0.740. The number of hydrogen-bond donors (Lipinski definition) is 2. The lowest BCUT2D eigenvalue weighted by Gasteiger charge is -2.06. The number of aryl methyl sites for hydroxylation is 1. The number of ether oxygens (including phenoxy) is 1. The highest BCUT2D eigenvalue weighted by atomic mass is 16.5. The summed E-state index contributed by atoms with van der Waals surface area (Å²) in [6.07, 6.45) is 0.625. The third kappa shape index (κ3) is 2.56. The second kappa shape index (κ2) is 4.13. The molecule has 0 aliphatic rings. The van der Waals surface area contributed by atoms with Gasteiger partial charge in [0, 0.05) is 6.07 Å². The molecular weight excluding hydrogens is 160 g/mol. The Labute approximate surface area is 70.4 Å². The van der Waals surface area contributed by atoms with Gasteiger partial charge in [0.1, 0.15) is 24.7 Å². The van der Waals surface area contributed by atoms with Gasteiger partial charge in [0.15, 0.2) is 5.75 Å². The Morgan fingerprint density at radius 2 is 2.42 bits per heavy atom. The summed E-state index contributed by atoms with van der Waals surface area (Å²) in [7, 11) is 0. The van der Waals surface area contributed by atoms with E-state index in [9.17, 15) is 0 Å². The molecule has 0 saturated heterocycles. The number of furan rings is 1.